The van der Waals surface area contributed by atoms with Crippen LogP contribution in [-0.4, -0.2) is 38.0 Å². The minimum atomic E-state index is 0.0964. The largest absolute Gasteiger partial charge is 0.497 e. The Morgan fingerprint density at radius 3 is 2.60 bits per heavy atom. The lowest BCUT2D eigenvalue weighted by Crippen LogP contribution is -2.06. The van der Waals surface area contributed by atoms with Crippen LogP contribution in [0.4, 0.5) is 0 Å². The monoisotopic (exact) mass is 420 g/mol. The lowest BCUT2D eigenvalue weighted by atomic mass is 10.1. The summed E-state index contributed by atoms with van der Waals surface area (Å²) < 4.78 is 9.29. The number of ketones is 1. The zero-order valence-corrected chi connectivity index (χ0v) is 18.1. The first-order valence-electron chi connectivity index (χ1n) is 9.85. The molecule has 0 unspecified atom stereocenters. The Labute approximate surface area is 179 Å². The van der Waals surface area contributed by atoms with Crippen molar-refractivity contribution in [3.63, 3.8) is 0 Å². The van der Waals surface area contributed by atoms with Crippen LogP contribution < -0.4 is 4.74 Å². The minimum Gasteiger partial charge on any atom is -0.497 e. The van der Waals surface area contributed by atoms with E-state index >= 15 is 0 Å². The van der Waals surface area contributed by atoms with E-state index in [1.54, 1.807) is 7.11 Å². The predicted octanol–water partition coefficient (Wildman–Crippen LogP) is 4.36. The SMILES string of the molecule is CCn1c(Cc2ccc(OC)cc2)nnc1SCC(=O)c1cn(C)c2ccccc12. The molecule has 0 amide bonds. The molecule has 6 nitrogen and oxygen atoms in total. The third-order valence-electron chi connectivity index (χ3n) is 5.16. The summed E-state index contributed by atoms with van der Waals surface area (Å²) in [5, 5.41) is 10.5. The summed E-state index contributed by atoms with van der Waals surface area (Å²) in [5.41, 5.74) is 2.95. The second kappa shape index (κ2) is 8.75. The van der Waals surface area contributed by atoms with Gasteiger partial charge in [-0.25, -0.2) is 0 Å². The Morgan fingerprint density at radius 2 is 1.87 bits per heavy atom. The van der Waals surface area contributed by atoms with Gasteiger partial charge in [-0.15, -0.1) is 10.2 Å². The van der Waals surface area contributed by atoms with Crippen LogP contribution >= 0.6 is 11.8 Å². The van der Waals surface area contributed by atoms with Gasteiger partial charge in [-0.2, -0.15) is 0 Å². The van der Waals surface area contributed by atoms with Gasteiger partial charge in [-0.3, -0.25) is 4.79 Å². The maximum atomic E-state index is 12.9. The van der Waals surface area contributed by atoms with E-state index in [2.05, 4.69) is 21.7 Å². The summed E-state index contributed by atoms with van der Waals surface area (Å²) in [4.78, 5) is 12.9. The van der Waals surface area contributed by atoms with Crippen molar-refractivity contribution in [3.05, 3.63) is 71.7 Å². The Balaban J connectivity index is 1.48. The Hall–Kier alpha value is -3.06. The Morgan fingerprint density at radius 1 is 1.10 bits per heavy atom. The fourth-order valence-corrected chi connectivity index (χ4v) is 4.48. The summed E-state index contributed by atoms with van der Waals surface area (Å²) in [6.45, 7) is 2.82. The van der Waals surface area contributed by atoms with Gasteiger partial charge < -0.3 is 13.9 Å². The fourth-order valence-electron chi connectivity index (χ4n) is 3.57. The second-order valence-corrected chi connectivity index (χ2v) is 7.99. The van der Waals surface area contributed by atoms with Crippen LogP contribution in [-0.2, 0) is 20.0 Å². The number of para-hydroxylation sites is 1. The quantitative estimate of drug-likeness (QED) is 0.313. The molecule has 0 saturated carbocycles. The van der Waals surface area contributed by atoms with Gasteiger partial charge in [-0.05, 0) is 30.7 Å². The van der Waals surface area contributed by atoms with Crippen LogP contribution in [0.1, 0.15) is 28.7 Å². The lowest BCUT2D eigenvalue weighted by Gasteiger charge is -2.08. The van der Waals surface area contributed by atoms with Crippen LogP contribution in [0.25, 0.3) is 10.9 Å². The first-order chi connectivity index (χ1) is 14.6. The van der Waals surface area contributed by atoms with Crippen molar-refractivity contribution in [1.82, 2.24) is 19.3 Å². The van der Waals surface area contributed by atoms with Gasteiger partial charge in [-0.1, -0.05) is 42.1 Å². The summed E-state index contributed by atoms with van der Waals surface area (Å²) in [7, 11) is 3.62. The Kier molecular flexibility index (Phi) is 5.90. The number of carbonyl (C=O) groups excluding carboxylic acids is 1. The maximum absolute atomic E-state index is 12.9. The number of carbonyl (C=O) groups is 1. The fraction of sp³-hybridized carbons (Fsp3) is 0.261. The average molecular weight is 421 g/mol. The molecule has 30 heavy (non-hydrogen) atoms. The number of hydrogen-bond donors (Lipinski definition) is 0. The van der Waals surface area contributed by atoms with Gasteiger partial charge in [0.2, 0.25) is 0 Å². The zero-order chi connectivity index (χ0) is 21.1. The van der Waals surface area contributed by atoms with Crippen molar-refractivity contribution < 1.29 is 9.53 Å². The standard InChI is InChI=1S/C23H24N4O2S/c1-4-27-22(13-16-9-11-17(29-3)12-10-16)24-25-23(27)30-15-21(28)19-14-26(2)20-8-6-5-7-18(19)20/h5-12,14H,4,13,15H2,1-3H3. The number of ether oxygens (including phenoxy) is 1. The summed E-state index contributed by atoms with van der Waals surface area (Å²) in [6.07, 6.45) is 2.59. The molecule has 0 aliphatic heterocycles. The number of aryl methyl sites for hydroxylation is 1. The number of fused-ring (bicyclic) bond motifs is 1. The van der Waals surface area contributed by atoms with Crippen molar-refractivity contribution in [2.45, 2.75) is 25.0 Å². The second-order valence-electron chi connectivity index (χ2n) is 7.05. The van der Waals surface area contributed by atoms with Crippen molar-refractivity contribution in [2.24, 2.45) is 7.05 Å². The number of thioether (sulfide) groups is 1. The molecule has 4 aromatic rings. The highest BCUT2D eigenvalue weighted by molar-refractivity contribution is 7.99. The molecule has 2 aromatic carbocycles. The minimum absolute atomic E-state index is 0.0964. The van der Waals surface area contributed by atoms with Crippen LogP contribution in [0, 0.1) is 0 Å². The third kappa shape index (κ3) is 3.98. The van der Waals surface area contributed by atoms with Crippen LogP contribution in [0.15, 0.2) is 59.9 Å². The molecule has 2 aromatic heterocycles. The summed E-state index contributed by atoms with van der Waals surface area (Å²) in [5.74, 6) is 2.15. The molecule has 7 heteroatoms. The third-order valence-corrected chi connectivity index (χ3v) is 6.13. The average Bonchev–Trinajstić information content (AvgIpc) is 3.33. The Bertz CT molecular complexity index is 1180. The van der Waals surface area contributed by atoms with Gasteiger partial charge in [0.25, 0.3) is 0 Å². The van der Waals surface area contributed by atoms with E-state index in [0.29, 0.717) is 12.2 Å². The first kappa shape index (κ1) is 20.2. The van der Waals surface area contributed by atoms with E-state index in [1.807, 2.05) is 66.3 Å². The van der Waals surface area contributed by atoms with E-state index in [9.17, 15) is 4.79 Å². The number of aromatic nitrogens is 4. The number of Topliss-reactive ketones (excluding diaryl/α,β-unsaturated/α-hetero) is 1. The topological polar surface area (TPSA) is 61.9 Å². The van der Waals surface area contributed by atoms with Gasteiger partial charge in [0.1, 0.15) is 11.6 Å². The van der Waals surface area contributed by atoms with Crippen molar-refractivity contribution in [3.8, 4) is 5.75 Å². The van der Waals surface area contributed by atoms with E-state index in [-0.39, 0.29) is 5.78 Å². The summed E-state index contributed by atoms with van der Waals surface area (Å²) >= 11 is 1.44. The van der Waals surface area contributed by atoms with Gasteiger partial charge in [0.05, 0.1) is 12.9 Å². The molecule has 0 atom stereocenters. The van der Waals surface area contributed by atoms with E-state index < -0.39 is 0 Å². The number of methoxy groups -OCH3 is 1. The maximum Gasteiger partial charge on any atom is 0.191 e. The number of nitrogens with zero attached hydrogens (tertiary/aromatic N) is 4. The molecule has 0 bridgehead atoms. The highest BCUT2D eigenvalue weighted by atomic mass is 32.2. The number of rotatable bonds is 8. The van der Waals surface area contributed by atoms with Crippen molar-refractivity contribution in [1.29, 1.82) is 0 Å². The molecular formula is C23H24N4O2S. The smallest absolute Gasteiger partial charge is 0.191 e. The molecule has 154 valence electrons. The lowest BCUT2D eigenvalue weighted by molar-refractivity contribution is 0.102. The molecule has 0 radical (unpaired) electrons. The molecule has 4 rings (SSSR count). The molecule has 2 heterocycles. The molecule has 0 aliphatic carbocycles. The normalized spacial score (nSPS) is 11.2. The molecular weight excluding hydrogens is 396 g/mol. The van der Waals surface area contributed by atoms with E-state index in [4.69, 9.17) is 4.74 Å². The number of hydrogen-bond acceptors (Lipinski definition) is 5. The first-order valence-corrected chi connectivity index (χ1v) is 10.8. The van der Waals surface area contributed by atoms with Gasteiger partial charge in [0, 0.05) is 42.7 Å². The van der Waals surface area contributed by atoms with Crippen LogP contribution in [0.5, 0.6) is 5.75 Å². The predicted molar refractivity (Wildman–Crippen MR) is 119 cm³/mol. The highest BCUT2D eigenvalue weighted by Gasteiger charge is 2.17. The van der Waals surface area contributed by atoms with Crippen molar-refractivity contribution in [2.75, 3.05) is 12.9 Å². The van der Waals surface area contributed by atoms with Crippen molar-refractivity contribution >= 4 is 28.4 Å². The highest BCUT2D eigenvalue weighted by Crippen LogP contribution is 2.25. The van der Waals surface area contributed by atoms with E-state index in [0.717, 1.165) is 45.3 Å². The van der Waals surface area contributed by atoms with Gasteiger partial charge >= 0.3 is 0 Å². The van der Waals surface area contributed by atoms with Gasteiger partial charge in [0.15, 0.2) is 10.9 Å². The molecule has 0 spiro atoms. The summed E-state index contributed by atoms with van der Waals surface area (Å²) in [6, 6.07) is 15.9. The molecule has 0 saturated heterocycles. The van der Waals surface area contributed by atoms with E-state index in [1.165, 1.54) is 11.8 Å². The van der Waals surface area contributed by atoms with Crippen LogP contribution in [0.3, 0.4) is 0 Å². The molecule has 0 aliphatic rings. The number of benzene rings is 2. The molecule has 0 fully saturated rings. The van der Waals surface area contributed by atoms with Crippen LogP contribution in [0.2, 0.25) is 0 Å². The molecule has 0 N–H and O–H groups in total. The zero-order valence-electron chi connectivity index (χ0n) is 17.3.